The van der Waals surface area contributed by atoms with Crippen LogP contribution in [0.5, 0.6) is 5.75 Å². The molecular formula is C27H24N2O6S. The van der Waals surface area contributed by atoms with Crippen molar-refractivity contribution in [3.63, 3.8) is 0 Å². The van der Waals surface area contributed by atoms with Gasteiger partial charge in [0.2, 0.25) is 5.91 Å². The summed E-state index contributed by atoms with van der Waals surface area (Å²) >= 11 is 1.39. The van der Waals surface area contributed by atoms with E-state index in [0.717, 1.165) is 0 Å². The number of anilines is 1. The van der Waals surface area contributed by atoms with Gasteiger partial charge in [0.15, 0.2) is 5.78 Å². The number of fused-ring (bicyclic) bond motifs is 1. The van der Waals surface area contributed by atoms with Crippen LogP contribution in [0.1, 0.15) is 56.6 Å². The number of benzene rings is 2. The molecule has 0 fully saturated rings. The number of Topliss-reactive ketones (excluding diaryl/α,β-unsaturated/α-hetero) is 1. The number of ketones is 1. The first-order valence-electron chi connectivity index (χ1n) is 11.4. The summed E-state index contributed by atoms with van der Waals surface area (Å²) in [5.41, 5.74) is 1.90. The normalized spacial score (nSPS) is 10.7. The molecule has 2 aromatic carbocycles. The van der Waals surface area contributed by atoms with Gasteiger partial charge < -0.3 is 19.8 Å². The van der Waals surface area contributed by atoms with Crippen molar-refractivity contribution >= 4 is 51.6 Å². The third-order valence-electron chi connectivity index (χ3n) is 5.37. The molecule has 1 amide bonds. The summed E-state index contributed by atoms with van der Waals surface area (Å²) in [5, 5.41) is 5.26. The SMILES string of the molecule is CCOC(=O)c1ccc(OC(=O)c2c[nH]c3ccc(NC(=O)CCCC(=O)c4cccs4)cc23)cc1. The topological polar surface area (TPSA) is 115 Å². The fraction of sp³-hybridized carbons (Fsp3) is 0.185. The number of carbonyl (C=O) groups is 4. The molecule has 184 valence electrons. The molecule has 9 heteroatoms. The second-order valence-corrected chi connectivity index (χ2v) is 8.85. The Balaban J connectivity index is 1.37. The quantitative estimate of drug-likeness (QED) is 0.165. The van der Waals surface area contributed by atoms with Crippen LogP contribution in [0.25, 0.3) is 10.9 Å². The molecule has 0 bridgehead atoms. The largest absolute Gasteiger partial charge is 0.462 e. The van der Waals surface area contributed by atoms with E-state index < -0.39 is 11.9 Å². The number of carbonyl (C=O) groups excluding carboxylic acids is 4. The van der Waals surface area contributed by atoms with Crippen molar-refractivity contribution in [3.05, 3.63) is 82.2 Å². The molecule has 2 N–H and O–H groups in total. The van der Waals surface area contributed by atoms with Crippen molar-refractivity contribution in [1.82, 2.24) is 4.98 Å². The lowest BCUT2D eigenvalue weighted by atomic mass is 10.1. The lowest BCUT2D eigenvalue weighted by Gasteiger charge is -2.07. The molecule has 0 unspecified atom stereocenters. The molecule has 0 saturated heterocycles. The van der Waals surface area contributed by atoms with Gasteiger partial charge >= 0.3 is 11.9 Å². The van der Waals surface area contributed by atoms with Gasteiger partial charge in [-0.2, -0.15) is 0 Å². The van der Waals surface area contributed by atoms with Crippen molar-refractivity contribution in [3.8, 4) is 5.75 Å². The third-order valence-corrected chi connectivity index (χ3v) is 6.28. The van der Waals surface area contributed by atoms with Gasteiger partial charge in [0.1, 0.15) is 5.75 Å². The number of esters is 2. The molecule has 2 aromatic heterocycles. The molecule has 0 aliphatic rings. The Morgan fingerprint density at radius 2 is 1.78 bits per heavy atom. The summed E-state index contributed by atoms with van der Waals surface area (Å²) in [6.45, 7) is 2.00. The second kappa shape index (κ2) is 11.5. The minimum atomic E-state index is -0.583. The summed E-state index contributed by atoms with van der Waals surface area (Å²) in [5.74, 6) is -0.930. The highest BCUT2D eigenvalue weighted by atomic mass is 32.1. The van der Waals surface area contributed by atoms with Crippen LogP contribution in [0.15, 0.2) is 66.2 Å². The number of thiophene rings is 1. The van der Waals surface area contributed by atoms with Crippen molar-refractivity contribution in [1.29, 1.82) is 0 Å². The first kappa shape index (κ1) is 24.9. The highest BCUT2D eigenvalue weighted by Crippen LogP contribution is 2.25. The van der Waals surface area contributed by atoms with Crippen molar-refractivity contribution in [2.75, 3.05) is 11.9 Å². The van der Waals surface area contributed by atoms with Crippen LogP contribution < -0.4 is 10.1 Å². The standard InChI is InChI=1S/C27H24N2O6S/c1-2-34-26(32)17-8-11-19(12-9-17)35-27(33)21-16-28-22-13-10-18(15-20(21)22)29-25(31)7-3-5-23(30)24-6-4-14-36-24/h4,6,8-16,28H,2-3,5,7H2,1H3,(H,29,31). The average Bonchev–Trinajstić information content (AvgIpc) is 3.55. The van der Waals surface area contributed by atoms with Crippen molar-refractivity contribution in [2.45, 2.75) is 26.2 Å². The van der Waals surface area contributed by atoms with Crippen LogP contribution in [-0.2, 0) is 9.53 Å². The van der Waals surface area contributed by atoms with E-state index in [1.807, 2.05) is 11.4 Å². The van der Waals surface area contributed by atoms with Gasteiger partial charge in [-0.1, -0.05) is 6.07 Å². The fourth-order valence-corrected chi connectivity index (χ4v) is 4.29. The number of nitrogens with one attached hydrogen (secondary N) is 2. The fourth-order valence-electron chi connectivity index (χ4n) is 3.60. The van der Waals surface area contributed by atoms with Crippen molar-refractivity contribution in [2.24, 2.45) is 0 Å². The Labute approximate surface area is 211 Å². The van der Waals surface area contributed by atoms with Crippen LogP contribution in [0.3, 0.4) is 0 Å². The highest BCUT2D eigenvalue weighted by Gasteiger charge is 2.16. The molecule has 0 atom stereocenters. The van der Waals surface area contributed by atoms with E-state index in [4.69, 9.17) is 9.47 Å². The second-order valence-electron chi connectivity index (χ2n) is 7.90. The number of hydrogen-bond donors (Lipinski definition) is 2. The number of aromatic nitrogens is 1. The molecule has 4 aromatic rings. The summed E-state index contributed by atoms with van der Waals surface area (Å²) in [6.07, 6.45) is 2.50. The zero-order valence-electron chi connectivity index (χ0n) is 19.5. The number of ether oxygens (including phenoxy) is 2. The van der Waals surface area contributed by atoms with Gasteiger partial charge in [0, 0.05) is 35.6 Å². The van der Waals surface area contributed by atoms with Crippen LogP contribution in [0.2, 0.25) is 0 Å². The maximum absolute atomic E-state index is 12.8. The maximum Gasteiger partial charge on any atom is 0.345 e. The zero-order chi connectivity index (χ0) is 25.5. The van der Waals surface area contributed by atoms with Crippen LogP contribution in [0, 0.1) is 0 Å². The maximum atomic E-state index is 12.8. The number of amides is 1. The van der Waals surface area contributed by atoms with Gasteiger partial charge in [0.05, 0.1) is 22.6 Å². The molecule has 0 saturated carbocycles. The van der Waals surface area contributed by atoms with E-state index in [1.54, 1.807) is 37.4 Å². The minimum absolute atomic E-state index is 0.0326. The van der Waals surface area contributed by atoms with Crippen LogP contribution in [-0.4, -0.2) is 35.2 Å². The van der Waals surface area contributed by atoms with E-state index in [9.17, 15) is 19.2 Å². The number of hydrogen-bond acceptors (Lipinski definition) is 7. The summed E-state index contributed by atoms with van der Waals surface area (Å²) < 4.78 is 10.4. The van der Waals surface area contributed by atoms with Crippen LogP contribution >= 0.6 is 11.3 Å². The molecule has 36 heavy (non-hydrogen) atoms. The predicted molar refractivity (Wildman–Crippen MR) is 137 cm³/mol. The first-order valence-corrected chi connectivity index (χ1v) is 12.3. The summed E-state index contributed by atoms with van der Waals surface area (Å²) in [4.78, 5) is 52.7. The van der Waals surface area contributed by atoms with Gasteiger partial charge in [-0.25, -0.2) is 9.59 Å². The zero-order valence-corrected chi connectivity index (χ0v) is 20.4. The monoisotopic (exact) mass is 504 g/mol. The Kier molecular flexibility index (Phi) is 7.92. The van der Waals surface area contributed by atoms with Crippen LogP contribution in [0.4, 0.5) is 5.69 Å². The Bertz CT molecular complexity index is 1390. The molecule has 4 rings (SSSR count). The summed E-state index contributed by atoms with van der Waals surface area (Å²) in [6, 6.07) is 14.9. The van der Waals surface area contributed by atoms with Gasteiger partial charge in [0.25, 0.3) is 0 Å². The first-order chi connectivity index (χ1) is 17.4. The molecule has 2 heterocycles. The summed E-state index contributed by atoms with van der Waals surface area (Å²) in [7, 11) is 0. The third kappa shape index (κ3) is 6.05. The average molecular weight is 505 g/mol. The predicted octanol–water partition coefficient (Wildman–Crippen LogP) is 5.62. The molecule has 0 radical (unpaired) electrons. The van der Waals surface area contributed by atoms with E-state index >= 15 is 0 Å². The Morgan fingerprint density at radius 3 is 2.50 bits per heavy atom. The van der Waals surface area contributed by atoms with Gasteiger partial charge in [-0.3, -0.25) is 9.59 Å². The molecular weight excluding hydrogens is 480 g/mol. The molecule has 8 nitrogen and oxygen atoms in total. The van der Waals surface area contributed by atoms with Crippen molar-refractivity contribution < 1.29 is 28.7 Å². The molecule has 0 aliphatic heterocycles. The van der Waals surface area contributed by atoms with E-state index in [1.165, 1.54) is 35.6 Å². The number of rotatable bonds is 10. The van der Waals surface area contributed by atoms with Gasteiger partial charge in [-0.05, 0) is 67.3 Å². The lowest BCUT2D eigenvalue weighted by Crippen LogP contribution is -2.12. The number of H-pyrrole nitrogens is 1. The number of aromatic amines is 1. The Hall–Kier alpha value is -4.24. The molecule has 0 spiro atoms. The minimum Gasteiger partial charge on any atom is -0.462 e. The molecule has 0 aliphatic carbocycles. The van der Waals surface area contributed by atoms with E-state index in [-0.39, 0.29) is 30.5 Å². The lowest BCUT2D eigenvalue weighted by molar-refractivity contribution is -0.116. The van der Waals surface area contributed by atoms with E-state index in [0.29, 0.717) is 45.4 Å². The highest BCUT2D eigenvalue weighted by molar-refractivity contribution is 7.12. The van der Waals surface area contributed by atoms with E-state index in [2.05, 4.69) is 10.3 Å². The Morgan fingerprint density at radius 1 is 0.972 bits per heavy atom. The van der Waals surface area contributed by atoms with Gasteiger partial charge in [-0.15, -0.1) is 11.3 Å². The smallest absolute Gasteiger partial charge is 0.345 e.